The second-order valence-corrected chi connectivity index (χ2v) is 3.86. The fraction of sp³-hybridized carbons (Fsp3) is 0.417. The van der Waals surface area contributed by atoms with Crippen molar-refractivity contribution in [2.24, 2.45) is 0 Å². The van der Waals surface area contributed by atoms with E-state index in [2.05, 4.69) is 5.32 Å². The van der Waals surface area contributed by atoms with Gasteiger partial charge in [0.25, 0.3) is 0 Å². The predicted octanol–water partition coefficient (Wildman–Crippen LogP) is 3.13. The van der Waals surface area contributed by atoms with Gasteiger partial charge in [-0.15, -0.1) is 0 Å². The summed E-state index contributed by atoms with van der Waals surface area (Å²) in [7, 11) is 0. The Morgan fingerprint density at radius 1 is 1.22 bits per heavy atom. The minimum atomic E-state index is -4.14. The van der Waals surface area contributed by atoms with Crippen LogP contribution in [0.3, 0.4) is 0 Å². The van der Waals surface area contributed by atoms with E-state index in [0.717, 1.165) is 6.07 Å². The molecule has 18 heavy (non-hydrogen) atoms. The Labute approximate surface area is 102 Å². The van der Waals surface area contributed by atoms with Crippen molar-refractivity contribution in [1.82, 2.24) is 5.32 Å². The van der Waals surface area contributed by atoms with Gasteiger partial charge in [0.05, 0.1) is 11.6 Å². The molecule has 0 radical (unpaired) electrons. The number of alkyl halides is 3. The molecule has 1 aromatic carbocycles. The van der Waals surface area contributed by atoms with Crippen molar-refractivity contribution in [3.8, 4) is 6.07 Å². The molecule has 0 saturated carbocycles. The average molecular weight is 260 g/mol. The van der Waals surface area contributed by atoms with Crippen LogP contribution in [-0.4, -0.2) is 12.7 Å². The summed E-state index contributed by atoms with van der Waals surface area (Å²) in [6.45, 7) is 0.433. The lowest BCUT2D eigenvalue weighted by atomic mass is 10.1. The summed E-state index contributed by atoms with van der Waals surface area (Å²) in [6, 6.07) is 5.66. The van der Waals surface area contributed by atoms with Crippen molar-refractivity contribution in [1.29, 1.82) is 5.26 Å². The van der Waals surface area contributed by atoms with E-state index in [1.54, 1.807) is 0 Å². The topological polar surface area (TPSA) is 35.8 Å². The molecule has 0 aliphatic rings. The minimum absolute atomic E-state index is 0.0239. The molecule has 0 saturated heterocycles. The molecule has 0 atom stereocenters. The molecule has 0 fully saturated rings. The number of nitrogens with zero attached hydrogens (tertiary/aromatic N) is 1. The van der Waals surface area contributed by atoms with Gasteiger partial charge in [-0.2, -0.15) is 18.4 Å². The third-order valence-corrected chi connectivity index (χ3v) is 2.23. The van der Waals surface area contributed by atoms with Gasteiger partial charge < -0.3 is 5.32 Å². The zero-order valence-electron chi connectivity index (χ0n) is 9.52. The Morgan fingerprint density at radius 2 is 1.94 bits per heavy atom. The first-order valence-electron chi connectivity index (χ1n) is 5.38. The number of hydrogen-bond acceptors (Lipinski definition) is 2. The minimum Gasteiger partial charge on any atom is -0.313 e. The van der Waals surface area contributed by atoms with Gasteiger partial charge in [-0.3, -0.25) is 0 Å². The first kappa shape index (κ1) is 14.5. The second kappa shape index (κ2) is 6.36. The largest absolute Gasteiger partial charge is 0.389 e. The van der Waals surface area contributed by atoms with Gasteiger partial charge in [-0.25, -0.2) is 4.39 Å². The van der Waals surface area contributed by atoms with Gasteiger partial charge in [0.15, 0.2) is 0 Å². The van der Waals surface area contributed by atoms with E-state index in [4.69, 9.17) is 5.26 Å². The van der Waals surface area contributed by atoms with E-state index in [1.807, 2.05) is 6.07 Å². The number of nitriles is 1. The second-order valence-electron chi connectivity index (χ2n) is 3.86. The smallest absolute Gasteiger partial charge is 0.313 e. The number of rotatable bonds is 5. The molecule has 1 aromatic rings. The highest BCUT2D eigenvalue weighted by Gasteiger charge is 2.25. The highest BCUT2D eigenvalue weighted by molar-refractivity contribution is 5.33. The van der Waals surface area contributed by atoms with Crippen LogP contribution in [0.5, 0.6) is 0 Å². The van der Waals surface area contributed by atoms with Crippen molar-refractivity contribution in [2.75, 3.05) is 6.54 Å². The van der Waals surface area contributed by atoms with E-state index in [9.17, 15) is 17.6 Å². The first-order chi connectivity index (χ1) is 8.40. The Kier molecular flexibility index (Phi) is 5.10. The fourth-order valence-corrected chi connectivity index (χ4v) is 1.46. The molecule has 0 aliphatic carbocycles. The molecule has 2 nitrogen and oxygen atoms in total. The molecular weight excluding hydrogens is 248 g/mol. The molecule has 0 aromatic heterocycles. The third kappa shape index (κ3) is 5.64. The maximum atomic E-state index is 13.0. The molecule has 0 aliphatic heterocycles. The number of halogens is 4. The zero-order chi connectivity index (χ0) is 13.6. The van der Waals surface area contributed by atoms with Gasteiger partial charge in [0.2, 0.25) is 0 Å². The first-order valence-corrected chi connectivity index (χ1v) is 5.38. The lowest BCUT2D eigenvalue weighted by Crippen LogP contribution is -2.17. The number of hydrogen-bond donors (Lipinski definition) is 1. The van der Waals surface area contributed by atoms with Crippen molar-refractivity contribution in [2.45, 2.75) is 25.6 Å². The van der Waals surface area contributed by atoms with Crippen LogP contribution in [0.4, 0.5) is 17.6 Å². The molecule has 0 spiro atoms. The normalized spacial score (nSPS) is 11.3. The molecule has 0 amide bonds. The third-order valence-electron chi connectivity index (χ3n) is 2.23. The zero-order valence-corrected chi connectivity index (χ0v) is 9.52. The monoisotopic (exact) mass is 260 g/mol. The Hall–Kier alpha value is -1.61. The SMILES string of the molecule is N#Cc1cc(F)cc(CNCCCC(F)(F)F)c1. The van der Waals surface area contributed by atoms with E-state index in [0.29, 0.717) is 5.56 Å². The van der Waals surface area contributed by atoms with Crippen LogP contribution in [0.2, 0.25) is 0 Å². The predicted molar refractivity (Wildman–Crippen MR) is 58.1 cm³/mol. The van der Waals surface area contributed by atoms with Gasteiger partial charge in [0.1, 0.15) is 5.82 Å². The summed E-state index contributed by atoms with van der Waals surface area (Å²) in [5, 5.41) is 11.4. The standard InChI is InChI=1S/C12H12F4N2/c13-11-5-9(7-17)4-10(6-11)8-18-3-1-2-12(14,15)16/h4-6,18H,1-3,8H2. The van der Waals surface area contributed by atoms with Crippen molar-refractivity contribution in [3.63, 3.8) is 0 Å². The summed E-state index contributed by atoms with van der Waals surface area (Å²) in [5.74, 6) is -0.527. The van der Waals surface area contributed by atoms with Crippen molar-refractivity contribution < 1.29 is 17.6 Å². The fourth-order valence-electron chi connectivity index (χ4n) is 1.46. The van der Waals surface area contributed by atoms with E-state index >= 15 is 0 Å². The molecule has 1 N–H and O–H groups in total. The quantitative estimate of drug-likeness (QED) is 0.652. The molecule has 0 bridgehead atoms. The van der Waals surface area contributed by atoms with Crippen molar-refractivity contribution >= 4 is 0 Å². The van der Waals surface area contributed by atoms with Gasteiger partial charge in [0, 0.05) is 13.0 Å². The Bertz CT molecular complexity index is 435. The van der Waals surface area contributed by atoms with Crippen LogP contribution in [0.1, 0.15) is 24.0 Å². The van der Waals surface area contributed by atoms with Crippen LogP contribution in [-0.2, 0) is 6.54 Å². The highest BCUT2D eigenvalue weighted by Crippen LogP contribution is 2.20. The molecule has 98 valence electrons. The van der Waals surface area contributed by atoms with Crippen LogP contribution < -0.4 is 5.32 Å². The van der Waals surface area contributed by atoms with E-state index in [1.165, 1.54) is 12.1 Å². The van der Waals surface area contributed by atoms with Crippen LogP contribution in [0.15, 0.2) is 18.2 Å². The van der Waals surface area contributed by atoms with E-state index < -0.39 is 18.4 Å². The summed E-state index contributed by atoms with van der Waals surface area (Å²) in [4.78, 5) is 0. The Balaban J connectivity index is 2.36. The van der Waals surface area contributed by atoms with E-state index in [-0.39, 0.29) is 25.1 Å². The number of benzene rings is 1. The molecular formula is C12H12F4N2. The van der Waals surface area contributed by atoms with Crippen LogP contribution in [0, 0.1) is 17.1 Å². The van der Waals surface area contributed by atoms with Crippen LogP contribution >= 0.6 is 0 Å². The van der Waals surface area contributed by atoms with Crippen LogP contribution in [0.25, 0.3) is 0 Å². The lowest BCUT2D eigenvalue weighted by Gasteiger charge is -2.07. The maximum Gasteiger partial charge on any atom is 0.389 e. The lowest BCUT2D eigenvalue weighted by molar-refractivity contribution is -0.135. The maximum absolute atomic E-state index is 13.0. The van der Waals surface area contributed by atoms with Gasteiger partial charge in [-0.1, -0.05) is 0 Å². The summed E-state index contributed by atoms with van der Waals surface area (Å²) < 4.78 is 48.6. The Morgan fingerprint density at radius 3 is 2.56 bits per heavy atom. The summed E-state index contributed by atoms with van der Waals surface area (Å²) >= 11 is 0. The summed E-state index contributed by atoms with van der Waals surface area (Å²) in [5.41, 5.74) is 0.737. The highest BCUT2D eigenvalue weighted by atomic mass is 19.4. The van der Waals surface area contributed by atoms with Gasteiger partial charge in [-0.05, 0) is 36.7 Å². The number of nitrogens with one attached hydrogen (secondary N) is 1. The molecule has 0 heterocycles. The molecule has 1 rings (SSSR count). The summed E-state index contributed by atoms with van der Waals surface area (Å²) in [6.07, 6.45) is -5.01. The van der Waals surface area contributed by atoms with Gasteiger partial charge >= 0.3 is 6.18 Å². The molecule has 6 heteroatoms. The average Bonchev–Trinajstić information content (AvgIpc) is 2.26. The molecule has 0 unspecified atom stereocenters. The van der Waals surface area contributed by atoms with Crippen molar-refractivity contribution in [3.05, 3.63) is 35.1 Å².